The molecular weight excluding hydrogens is 372 g/mol. The van der Waals surface area contributed by atoms with Gasteiger partial charge >= 0.3 is 11.9 Å². The van der Waals surface area contributed by atoms with Crippen LogP contribution in [0.2, 0.25) is 0 Å². The molecule has 0 radical (unpaired) electrons. The van der Waals surface area contributed by atoms with E-state index in [0.717, 1.165) is 26.4 Å². The second kappa shape index (κ2) is 10.3. The highest BCUT2D eigenvalue weighted by atomic mass is 35.5. The van der Waals surface area contributed by atoms with Gasteiger partial charge in [-0.05, 0) is 31.7 Å². The number of nitrogens with one attached hydrogen (secondary N) is 2. The van der Waals surface area contributed by atoms with Crippen molar-refractivity contribution in [2.75, 3.05) is 27.3 Å². The van der Waals surface area contributed by atoms with E-state index in [1.54, 1.807) is 0 Å². The van der Waals surface area contributed by atoms with E-state index in [9.17, 15) is 18.0 Å². The van der Waals surface area contributed by atoms with Gasteiger partial charge in [0, 0.05) is 12.6 Å². The lowest BCUT2D eigenvalue weighted by molar-refractivity contribution is 0.0598. The third kappa shape index (κ3) is 6.62. The Labute approximate surface area is 153 Å². The van der Waals surface area contributed by atoms with Crippen molar-refractivity contribution in [2.24, 2.45) is 0 Å². The number of likely N-dealkylation sites (N-methyl/N-ethyl adjacent to an activating group) is 1. The summed E-state index contributed by atoms with van der Waals surface area (Å²) < 4.78 is 36.5. The molecule has 0 fully saturated rings. The van der Waals surface area contributed by atoms with Crippen LogP contribution in [0.4, 0.5) is 0 Å². The number of hydrogen-bond acceptors (Lipinski definition) is 7. The highest BCUT2D eigenvalue weighted by Gasteiger charge is 2.21. The van der Waals surface area contributed by atoms with Crippen molar-refractivity contribution in [3.05, 3.63) is 29.3 Å². The highest BCUT2D eigenvalue weighted by molar-refractivity contribution is 7.89. The zero-order chi connectivity index (χ0) is 18.3. The third-order valence-electron chi connectivity index (χ3n) is 3.19. The van der Waals surface area contributed by atoms with E-state index in [4.69, 9.17) is 0 Å². The Balaban J connectivity index is 0.00000576. The van der Waals surface area contributed by atoms with E-state index < -0.39 is 22.0 Å². The number of hydrogen-bond donors (Lipinski definition) is 2. The van der Waals surface area contributed by atoms with Crippen molar-refractivity contribution in [1.82, 2.24) is 10.0 Å². The van der Waals surface area contributed by atoms with Crippen LogP contribution in [0.5, 0.6) is 0 Å². The van der Waals surface area contributed by atoms with Gasteiger partial charge in [-0.15, -0.1) is 12.4 Å². The van der Waals surface area contributed by atoms with Gasteiger partial charge in [-0.3, -0.25) is 0 Å². The molecule has 0 unspecified atom stereocenters. The molecule has 0 amide bonds. The van der Waals surface area contributed by atoms with Gasteiger partial charge in [0.1, 0.15) is 0 Å². The van der Waals surface area contributed by atoms with Gasteiger partial charge in [-0.1, -0.05) is 6.92 Å². The maximum Gasteiger partial charge on any atom is 0.337 e. The second-order valence-electron chi connectivity index (χ2n) is 5.04. The van der Waals surface area contributed by atoms with Gasteiger partial charge in [-0.2, -0.15) is 0 Å². The topological polar surface area (TPSA) is 111 Å². The number of sulfonamides is 1. The Morgan fingerprint density at radius 3 is 1.96 bits per heavy atom. The monoisotopic (exact) mass is 394 g/mol. The summed E-state index contributed by atoms with van der Waals surface area (Å²) in [7, 11) is -1.58. The summed E-state index contributed by atoms with van der Waals surface area (Å²) in [5.41, 5.74) is -0.110. The summed E-state index contributed by atoms with van der Waals surface area (Å²) in [5, 5.41) is 3.07. The SMILES string of the molecule is CCN[C@H](C)CNS(=O)(=O)c1cc(C(=O)OC)cc(C(=O)OC)c1.Cl. The van der Waals surface area contributed by atoms with Crippen molar-refractivity contribution in [1.29, 1.82) is 0 Å². The fraction of sp³-hybridized carbons (Fsp3) is 0.467. The molecule has 25 heavy (non-hydrogen) atoms. The number of rotatable bonds is 8. The molecule has 0 aliphatic carbocycles. The lowest BCUT2D eigenvalue weighted by Gasteiger charge is -2.14. The molecule has 0 spiro atoms. The molecule has 1 aromatic carbocycles. The molecule has 10 heteroatoms. The van der Waals surface area contributed by atoms with Crippen molar-refractivity contribution in [2.45, 2.75) is 24.8 Å². The second-order valence-corrected chi connectivity index (χ2v) is 6.81. The maximum absolute atomic E-state index is 12.4. The number of ether oxygens (including phenoxy) is 2. The molecule has 1 atom stereocenters. The molecule has 0 aromatic heterocycles. The number of methoxy groups -OCH3 is 2. The zero-order valence-corrected chi connectivity index (χ0v) is 16.1. The van der Waals surface area contributed by atoms with Gasteiger partial charge < -0.3 is 14.8 Å². The van der Waals surface area contributed by atoms with Crippen LogP contribution in [0.3, 0.4) is 0 Å². The first-order chi connectivity index (χ1) is 11.2. The van der Waals surface area contributed by atoms with Crippen molar-refractivity contribution in [3.8, 4) is 0 Å². The first-order valence-electron chi connectivity index (χ1n) is 7.30. The molecule has 0 saturated heterocycles. The van der Waals surface area contributed by atoms with Crippen LogP contribution in [0, 0.1) is 0 Å². The fourth-order valence-electron chi connectivity index (χ4n) is 1.96. The van der Waals surface area contributed by atoms with Crippen LogP contribution in [-0.2, 0) is 19.5 Å². The summed E-state index contributed by atoms with van der Waals surface area (Å²) in [6, 6.07) is 3.45. The van der Waals surface area contributed by atoms with Gasteiger partial charge in [0.2, 0.25) is 10.0 Å². The highest BCUT2D eigenvalue weighted by Crippen LogP contribution is 2.17. The number of esters is 2. The molecule has 0 saturated carbocycles. The van der Waals surface area contributed by atoms with Crippen LogP contribution in [0.1, 0.15) is 34.6 Å². The summed E-state index contributed by atoms with van der Waals surface area (Å²) in [5.74, 6) is -1.50. The van der Waals surface area contributed by atoms with Gasteiger partial charge in [0.15, 0.2) is 0 Å². The normalized spacial score (nSPS) is 12.0. The van der Waals surface area contributed by atoms with Crippen LogP contribution < -0.4 is 10.0 Å². The summed E-state index contributed by atoms with van der Waals surface area (Å²) >= 11 is 0. The van der Waals surface area contributed by atoms with Crippen LogP contribution in [-0.4, -0.2) is 53.7 Å². The number of benzene rings is 1. The quantitative estimate of drug-likeness (QED) is 0.631. The van der Waals surface area contributed by atoms with Crippen LogP contribution >= 0.6 is 12.4 Å². The summed E-state index contributed by atoms with van der Waals surface area (Å²) in [6.45, 7) is 4.60. The minimum absolute atomic E-state index is 0. The van der Waals surface area contributed by atoms with Crippen LogP contribution in [0.15, 0.2) is 23.1 Å². The zero-order valence-electron chi connectivity index (χ0n) is 14.5. The molecule has 1 aromatic rings. The molecule has 0 aliphatic rings. The summed E-state index contributed by atoms with van der Waals surface area (Å²) in [6.07, 6.45) is 0. The van der Waals surface area contributed by atoms with Crippen LogP contribution in [0.25, 0.3) is 0 Å². The van der Waals surface area contributed by atoms with Gasteiger partial charge in [-0.25, -0.2) is 22.7 Å². The first kappa shape index (κ1) is 23.3. The standard InChI is InChI=1S/C15H22N2O6S.ClH/c1-5-16-10(2)9-17-24(20,21)13-7-11(14(18)22-3)6-12(8-13)15(19)23-4;/h6-8,10,16-17H,5,9H2,1-4H3;1H/t10-;/m1./s1. The van der Waals surface area contributed by atoms with Gasteiger partial charge in [0.05, 0.1) is 30.2 Å². The maximum atomic E-state index is 12.4. The van der Waals surface area contributed by atoms with E-state index in [1.165, 1.54) is 6.07 Å². The molecule has 8 nitrogen and oxygen atoms in total. The molecule has 0 heterocycles. The third-order valence-corrected chi connectivity index (χ3v) is 4.59. The minimum Gasteiger partial charge on any atom is -0.465 e. The Morgan fingerprint density at radius 2 is 1.56 bits per heavy atom. The Morgan fingerprint density at radius 1 is 1.08 bits per heavy atom. The number of carbonyl (C=O) groups is 2. The number of halogens is 1. The lowest BCUT2D eigenvalue weighted by Crippen LogP contribution is -2.38. The van der Waals surface area contributed by atoms with E-state index >= 15 is 0 Å². The smallest absolute Gasteiger partial charge is 0.337 e. The van der Waals surface area contributed by atoms with E-state index in [2.05, 4.69) is 19.5 Å². The number of carbonyl (C=O) groups excluding carboxylic acids is 2. The predicted molar refractivity (Wildman–Crippen MR) is 94.7 cm³/mol. The molecular formula is C15H23ClN2O6S. The van der Waals surface area contributed by atoms with Crippen molar-refractivity contribution in [3.63, 3.8) is 0 Å². The Kier molecular flexibility index (Phi) is 9.65. The van der Waals surface area contributed by atoms with Crippen molar-refractivity contribution >= 4 is 34.4 Å². The average molecular weight is 395 g/mol. The first-order valence-corrected chi connectivity index (χ1v) is 8.78. The largest absolute Gasteiger partial charge is 0.465 e. The minimum atomic E-state index is -3.91. The average Bonchev–Trinajstić information content (AvgIpc) is 2.58. The predicted octanol–water partition coefficient (Wildman–Crippen LogP) is 0.958. The lowest BCUT2D eigenvalue weighted by atomic mass is 10.1. The Bertz CT molecular complexity index is 674. The molecule has 2 N–H and O–H groups in total. The fourth-order valence-corrected chi connectivity index (χ4v) is 3.16. The van der Waals surface area contributed by atoms with E-state index in [-0.39, 0.29) is 41.0 Å². The molecule has 0 aliphatic heterocycles. The van der Waals surface area contributed by atoms with Gasteiger partial charge in [0.25, 0.3) is 0 Å². The Hall–Kier alpha value is -1.68. The molecule has 0 bridgehead atoms. The summed E-state index contributed by atoms with van der Waals surface area (Å²) in [4.78, 5) is 23.2. The van der Waals surface area contributed by atoms with E-state index in [1.807, 2.05) is 13.8 Å². The van der Waals surface area contributed by atoms with E-state index in [0.29, 0.717) is 6.54 Å². The molecule has 1 rings (SSSR count). The van der Waals surface area contributed by atoms with Crippen molar-refractivity contribution < 1.29 is 27.5 Å². The molecule has 142 valence electrons.